The van der Waals surface area contributed by atoms with E-state index in [1.807, 2.05) is 55.4 Å². The number of aromatic nitrogens is 2. The number of rotatable bonds is 8. The van der Waals surface area contributed by atoms with E-state index < -0.39 is 0 Å². The summed E-state index contributed by atoms with van der Waals surface area (Å²) in [5.41, 5.74) is 2.70. The minimum Gasteiger partial charge on any atom is -0.467 e. The highest BCUT2D eigenvalue weighted by Gasteiger charge is 2.11. The Morgan fingerprint density at radius 3 is 2.69 bits per heavy atom. The zero-order valence-electron chi connectivity index (χ0n) is 17.2. The molecule has 0 aliphatic heterocycles. The lowest BCUT2D eigenvalue weighted by Gasteiger charge is -2.15. The molecule has 0 radical (unpaired) electrons. The van der Waals surface area contributed by atoms with E-state index in [9.17, 15) is 4.79 Å². The Morgan fingerprint density at radius 2 is 2.00 bits per heavy atom. The van der Waals surface area contributed by atoms with Crippen LogP contribution in [-0.4, -0.2) is 30.0 Å². The molecular formula is C22H26N4O2S. The summed E-state index contributed by atoms with van der Waals surface area (Å²) in [5.74, 6) is 2.52. The lowest BCUT2D eigenvalue weighted by molar-refractivity contribution is 0.0948. The zero-order chi connectivity index (χ0) is 20.8. The number of carbonyl (C=O) groups excluding carboxylic acids is 1. The quantitative estimate of drug-likeness (QED) is 0.436. The van der Waals surface area contributed by atoms with Crippen molar-refractivity contribution < 1.29 is 9.21 Å². The predicted octanol–water partition coefficient (Wildman–Crippen LogP) is 4.48. The number of nitrogens with one attached hydrogen (secondary N) is 1. The lowest BCUT2D eigenvalue weighted by Crippen LogP contribution is -2.22. The first-order chi connectivity index (χ1) is 13.9. The first kappa shape index (κ1) is 20.9. The van der Waals surface area contributed by atoms with Crippen molar-refractivity contribution >= 4 is 23.5 Å². The normalized spacial score (nSPS) is 10.9. The fourth-order valence-electron chi connectivity index (χ4n) is 2.65. The summed E-state index contributed by atoms with van der Waals surface area (Å²) in [4.78, 5) is 23.7. The second-order valence-electron chi connectivity index (χ2n) is 7.23. The molecule has 7 heteroatoms. The van der Waals surface area contributed by atoms with Gasteiger partial charge in [0.25, 0.3) is 5.91 Å². The largest absolute Gasteiger partial charge is 0.467 e. The van der Waals surface area contributed by atoms with Crippen LogP contribution in [-0.2, 0) is 12.3 Å². The molecule has 0 aliphatic rings. The second kappa shape index (κ2) is 9.60. The monoisotopic (exact) mass is 410 g/mol. The number of amides is 1. The van der Waals surface area contributed by atoms with Gasteiger partial charge in [-0.25, -0.2) is 9.97 Å². The fourth-order valence-corrected chi connectivity index (χ4v) is 3.46. The highest BCUT2D eigenvalue weighted by atomic mass is 32.2. The molecule has 0 bridgehead atoms. The maximum Gasteiger partial charge on any atom is 0.251 e. The van der Waals surface area contributed by atoms with Gasteiger partial charge >= 0.3 is 0 Å². The molecule has 0 spiro atoms. The molecule has 1 aromatic carbocycles. The van der Waals surface area contributed by atoms with Crippen LogP contribution in [0.3, 0.4) is 0 Å². The Bertz CT molecular complexity index is 929. The Hall–Kier alpha value is -2.80. The SMILES string of the molecule is CC(C)c1cc(N(C)C)nc(SCc2cccc(C(=O)NCc3ccco3)c2)n1. The van der Waals surface area contributed by atoms with Crippen LogP contribution in [0.4, 0.5) is 5.82 Å². The van der Waals surface area contributed by atoms with Crippen molar-refractivity contribution in [3.63, 3.8) is 0 Å². The number of nitrogens with zero attached hydrogens (tertiary/aromatic N) is 3. The summed E-state index contributed by atoms with van der Waals surface area (Å²) in [6, 6.07) is 13.3. The van der Waals surface area contributed by atoms with E-state index in [-0.39, 0.29) is 5.91 Å². The van der Waals surface area contributed by atoms with Crippen LogP contribution in [0, 0.1) is 0 Å². The molecule has 0 saturated heterocycles. The van der Waals surface area contributed by atoms with Crippen LogP contribution >= 0.6 is 11.8 Å². The molecule has 2 heterocycles. The average Bonchev–Trinajstić information content (AvgIpc) is 3.24. The van der Waals surface area contributed by atoms with E-state index in [1.165, 1.54) is 0 Å². The fraction of sp³-hybridized carbons (Fsp3) is 0.318. The summed E-state index contributed by atoms with van der Waals surface area (Å²) >= 11 is 1.57. The molecule has 3 rings (SSSR count). The molecule has 3 aromatic rings. The van der Waals surface area contributed by atoms with E-state index in [2.05, 4.69) is 29.1 Å². The van der Waals surface area contributed by atoms with Gasteiger partial charge in [0, 0.05) is 37.2 Å². The molecule has 0 aliphatic carbocycles. The van der Waals surface area contributed by atoms with Gasteiger partial charge in [-0.1, -0.05) is 37.7 Å². The van der Waals surface area contributed by atoms with Gasteiger partial charge in [-0.05, 0) is 35.7 Å². The summed E-state index contributed by atoms with van der Waals surface area (Å²) in [5, 5.41) is 3.62. The van der Waals surface area contributed by atoms with Gasteiger partial charge in [0.1, 0.15) is 11.6 Å². The zero-order valence-corrected chi connectivity index (χ0v) is 18.0. The van der Waals surface area contributed by atoms with Gasteiger partial charge in [0.15, 0.2) is 5.16 Å². The van der Waals surface area contributed by atoms with Gasteiger partial charge in [0.2, 0.25) is 0 Å². The maximum absolute atomic E-state index is 12.4. The maximum atomic E-state index is 12.4. The molecule has 0 unspecified atom stereocenters. The standard InChI is InChI=1S/C22H26N4O2S/c1-15(2)19-12-20(26(3)4)25-22(24-19)29-14-16-7-5-8-17(11-16)21(27)23-13-18-9-6-10-28-18/h5-12,15H,13-14H2,1-4H3,(H,23,27). The van der Waals surface area contributed by atoms with Crippen LogP contribution < -0.4 is 10.2 Å². The Balaban J connectivity index is 1.66. The second-order valence-corrected chi connectivity index (χ2v) is 8.18. The van der Waals surface area contributed by atoms with Crippen molar-refractivity contribution in [1.29, 1.82) is 0 Å². The van der Waals surface area contributed by atoms with Crippen LogP contribution in [0.1, 0.15) is 47.1 Å². The molecule has 0 fully saturated rings. The summed E-state index contributed by atoms with van der Waals surface area (Å²) in [6.07, 6.45) is 1.59. The number of hydrogen-bond donors (Lipinski definition) is 1. The first-order valence-corrected chi connectivity index (χ1v) is 10.5. The van der Waals surface area contributed by atoms with Crippen molar-refractivity contribution in [2.24, 2.45) is 0 Å². The van der Waals surface area contributed by atoms with Gasteiger partial charge < -0.3 is 14.6 Å². The lowest BCUT2D eigenvalue weighted by atomic mass is 10.1. The van der Waals surface area contributed by atoms with Crippen LogP contribution in [0.2, 0.25) is 0 Å². The van der Waals surface area contributed by atoms with Gasteiger partial charge in [-0.2, -0.15) is 0 Å². The third kappa shape index (κ3) is 5.84. The molecule has 2 aromatic heterocycles. The predicted molar refractivity (Wildman–Crippen MR) is 116 cm³/mol. The number of anilines is 1. The minimum atomic E-state index is -0.124. The summed E-state index contributed by atoms with van der Waals surface area (Å²) in [7, 11) is 3.96. The van der Waals surface area contributed by atoms with Gasteiger partial charge in [-0.3, -0.25) is 4.79 Å². The van der Waals surface area contributed by atoms with Crippen LogP contribution in [0.25, 0.3) is 0 Å². The minimum absolute atomic E-state index is 0.124. The number of furan rings is 1. The van der Waals surface area contributed by atoms with E-state index in [4.69, 9.17) is 4.42 Å². The van der Waals surface area contributed by atoms with Crippen molar-refractivity contribution in [2.45, 2.75) is 37.2 Å². The van der Waals surface area contributed by atoms with E-state index in [0.717, 1.165) is 28.0 Å². The summed E-state index contributed by atoms with van der Waals surface area (Å²) < 4.78 is 5.25. The number of carbonyl (C=O) groups is 1. The van der Waals surface area contributed by atoms with Crippen molar-refractivity contribution in [3.05, 3.63) is 71.3 Å². The first-order valence-electron chi connectivity index (χ1n) is 9.51. The van der Waals surface area contributed by atoms with Crippen molar-refractivity contribution in [2.75, 3.05) is 19.0 Å². The molecule has 29 heavy (non-hydrogen) atoms. The molecule has 0 saturated carbocycles. The Kier molecular flexibility index (Phi) is 6.93. The number of hydrogen-bond acceptors (Lipinski definition) is 6. The Morgan fingerprint density at radius 1 is 1.17 bits per heavy atom. The van der Waals surface area contributed by atoms with E-state index in [0.29, 0.717) is 23.8 Å². The average molecular weight is 411 g/mol. The molecule has 152 valence electrons. The van der Waals surface area contributed by atoms with Crippen LogP contribution in [0.5, 0.6) is 0 Å². The molecule has 6 nitrogen and oxygen atoms in total. The molecule has 0 atom stereocenters. The highest BCUT2D eigenvalue weighted by molar-refractivity contribution is 7.98. The van der Waals surface area contributed by atoms with Gasteiger partial charge in [-0.15, -0.1) is 0 Å². The third-order valence-electron chi connectivity index (χ3n) is 4.32. The van der Waals surface area contributed by atoms with Gasteiger partial charge in [0.05, 0.1) is 12.8 Å². The van der Waals surface area contributed by atoms with Crippen LogP contribution in [0.15, 0.2) is 58.3 Å². The van der Waals surface area contributed by atoms with Crippen molar-refractivity contribution in [3.8, 4) is 0 Å². The summed E-state index contributed by atoms with van der Waals surface area (Å²) in [6.45, 7) is 4.62. The highest BCUT2D eigenvalue weighted by Crippen LogP contribution is 2.25. The third-order valence-corrected chi connectivity index (χ3v) is 5.24. The van der Waals surface area contributed by atoms with E-state index >= 15 is 0 Å². The number of thioether (sulfide) groups is 1. The molecule has 1 N–H and O–H groups in total. The van der Waals surface area contributed by atoms with Crippen molar-refractivity contribution in [1.82, 2.24) is 15.3 Å². The number of benzene rings is 1. The smallest absolute Gasteiger partial charge is 0.251 e. The topological polar surface area (TPSA) is 71.3 Å². The Labute approximate surface area is 175 Å². The molecule has 1 amide bonds. The van der Waals surface area contributed by atoms with E-state index in [1.54, 1.807) is 24.1 Å². The molecular weight excluding hydrogens is 384 g/mol.